The van der Waals surface area contributed by atoms with Crippen molar-refractivity contribution in [1.29, 1.82) is 0 Å². The Morgan fingerprint density at radius 2 is 2.05 bits per heavy atom. The maximum atomic E-state index is 12.7. The van der Waals surface area contributed by atoms with Gasteiger partial charge < -0.3 is 15.0 Å². The Morgan fingerprint density at radius 3 is 2.57 bits per heavy atom. The van der Waals surface area contributed by atoms with Crippen LogP contribution in [-0.4, -0.2) is 41.0 Å². The fourth-order valence-corrected chi connectivity index (χ4v) is 2.98. The van der Waals surface area contributed by atoms with Crippen molar-refractivity contribution in [2.75, 3.05) is 12.4 Å². The number of likely N-dealkylation sites (tertiary alicyclic amines) is 1. The van der Waals surface area contributed by atoms with Crippen molar-refractivity contribution < 1.29 is 9.53 Å². The Morgan fingerprint density at radius 1 is 1.38 bits per heavy atom. The van der Waals surface area contributed by atoms with Crippen LogP contribution in [-0.2, 0) is 4.79 Å². The van der Waals surface area contributed by atoms with E-state index in [1.807, 2.05) is 17.9 Å². The monoisotopic (exact) mass is 291 g/mol. The van der Waals surface area contributed by atoms with Crippen molar-refractivity contribution in [2.24, 2.45) is 0 Å². The molecule has 0 radical (unpaired) electrons. The first-order valence-electron chi connectivity index (χ1n) is 7.61. The van der Waals surface area contributed by atoms with Crippen LogP contribution in [0.25, 0.3) is 0 Å². The van der Waals surface area contributed by atoms with E-state index in [0.29, 0.717) is 18.0 Å². The van der Waals surface area contributed by atoms with Gasteiger partial charge in [0.25, 0.3) is 0 Å². The number of rotatable bonds is 4. The molecule has 1 amide bonds. The molecule has 1 saturated heterocycles. The van der Waals surface area contributed by atoms with Gasteiger partial charge in [-0.15, -0.1) is 0 Å². The van der Waals surface area contributed by atoms with Crippen LogP contribution < -0.4 is 10.1 Å². The lowest BCUT2D eigenvalue weighted by atomic mass is 9.96. The van der Waals surface area contributed by atoms with E-state index in [4.69, 9.17) is 4.74 Å². The number of hydrogen-bond acceptors (Lipinski definition) is 4. The second kappa shape index (κ2) is 6.78. The van der Waals surface area contributed by atoms with Gasteiger partial charge in [0.15, 0.2) is 0 Å². The van der Waals surface area contributed by atoms with E-state index in [1.165, 1.54) is 6.42 Å². The van der Waals surface area contributed by atoms with E-state index in [9.17, 15) is 4.79 Å². The highest BCUT2D eigenvalue weighted by atomic mass is 16.5. The van der Waals surface area contributed by atoms with Gasteiger partial charge in [0.2, 0.25) is 11.8 Å². The molecule has 1 aromatic rings. The van der Waals surface area contributed by atoms with Gasteiger partial charge >= 0.3 is 0 Å². The van der Waals surface area contributed by atoms with Crippen LogP contribution in [0.15, 0.2) is 18.3 Å². The molecule has 0 bridgehead atoms. The molecule has 2 heterocycles. The minimum absolute atomic E-state index is 0.158. The first-order valence-corrected chi connectivity index (χ1v) is 7.61. The molecule has 3 atom stereocenters. The van der Waals surface area contributed by atoms with Crippen molar-refractivity contribution in [3.8, 4) is 5.88 Å². The molecule has 5 nitrogen and oxygen atoms in total. The Bertz CT molecular complexity index is 465. The number of piperidine rings is 1. The zero-order valence-electron chi connectivity index (χ0n) is 13.3. The molecule has 2 rings (SSSR count). The van der Waals surface area contributed by atoms with Crippen LogP contribution in [0, 0.1) is 0 Å². The smallest absolute Gasteiger partial charge is 0.245 e. The normalized spacial score (nSPS) is 23.5. The minimum Gasteiger partial charge on any atom is -0.481 e. The Balaban J connectivity index is 2.01. The van der Waals surface area contributed by atoms with Crippen LogP contribution in [0.5, 0.6) is 5.88 Å². The number of pyridine rings is 1. The number of carbonyl (C=O) groups excluding carboxylic acids is 1. The molecule has 1 aliphatic heterocycles. The van der Waals surface area contributed by atoms with Gasteiger partial charge in [0.1, 0.15) is 6.04 Å². The van der Waals surface area contributed by atoms with Gasteiger partial charge in [-0.05, 0) is 46.1 Å². The highest BCUT2D eigenvalue weighted by Crippen LogP contribution is 2.24. The highest BCUT2D eigenvalue weighted by molar-refractivity contribution is 5.84. The van der Waals surface area contributed by atoms with Crippen molar-refractivity contribution in [2.45, 2.75) is 58.2 Å². The van der Waals surface area contributed by atoms with Crippen LogP contribution >= 0.6 is 0 Å². The third kappa shape index (κ3) is 3.65. The maximum absolute atomic E-state index is 12.7. The number of nitrogens with zero attached hydrogens (tertiary/aromatic N) is 2. The Kier molecular flexibility index (Phi) is 5.04. The van der Waals surface area contributed by atoms with Crippen molar-refractivity contribution in [3.05, 3.63) is 18.3 Å². The summed E-state index contributed by atoms with van der Waals surface area (Å²) in [5, 5.41) is 3.22. The van der Waals surface area contributed by atoms with Gasteiger partial charge in [-0.2, -0.15) is 0 Å². The zero-order valence-corrected chi connectivity index (χ0v) is 13.3. The number of hydrogen-bond donors (Lipinski definition) is 1. The molecular formula is C16H25N3O2. The summed E-state index contributed by atoms with van der Waals surface area (Å²) in [4.78, 5) is 18.8. The van der Waals surface area contributed by atoms with Crippen molar-refractivity contribution in [1.82, 2.24) is 9.88 Å². The fourth-order valence-electron chi connectivity index (χ4n) is 2.98. The molecule has 1 aromatic heterocycles. The van der Waals surface area contributed by atoms with Crippen molar-refractivity contribution in [3.63, 3.8) is 0 Å². The SMILES string of the molecule is COc1ccc(N[C@H](C)C(=O)N2[C@@H](C)CCC[C@@H]2C)cn1. The summed E-state index contributed by atoms with van der Waals surface area (Å²) in [6, 6.07) is 4.03. The summed E-state index contributed by atoms with van der Waals surface area (Å²) < 4.78 is 5.03. The van der Waals surface area contributed by atoms with E-state index in [2.05, 4.69) is 24.1 Å². The third-order valence-corrected chi connectivity index (χ3v) is 4.15. The summed E-state index contributed by atoms with van der Waals surface area (Å²) >= 11 is 0. The molecule has 116 valence electrons. The second-order valence-corrected chi connectivity index (χ2v) is 5.83. The molecule has 0 aliphatic carbocycles. The van der Waals surface area contributed by atoms with Crippen LogP contribution in [0.4, 0.5) is 5.69 Å². The van der Waals surface area contributed by atoms with Crippen LogP contribution in [0.3, 0.4) is 0 Å². The summed E-state index contributed by atoms with van der Waals surface area (Å²) in [6.07, 6.45) is 5.07. The number of carbonyl (C=O) groups is 1. The predicted molar refractivity (Wildman–Crippen MR) is 83.5 cm³/mol. The van der Waals surface area contributed by atoms with Gasteiger partial charge in [-0.1, -0.05) is 0 Å². The molecule has 0 spiro atoms. The fraction of sp³-hybridized carbons (Fsp3) is 0.625. The zero-order chi connectivity index (χ0) is 15.4. The molecule has 1 aliphatic rings. The summed E-state index contributed by atoms with van der Waals surface area (Å²) in [7, 11) is 1.58. The number of nitrogens with one attached hydrogen (secondary N) is 1. The van der Waals surface area contributed by atoms with Gasteiger partial charge in [-0.25, -0.2) is 4.98 Å². The second-order valence-electron chi connectivity index (χ2n) is 5.83. The van der Waals surface area contributed by atoms with Crippen LogP contribution in [0.2, 0.25) is 0 Å². The Labute approximate surface area is 126 Å². The number of amides is 1. The Hall–Kier alpha value is -1.78. The van der Waals surface area contributed by atoms with E-state index >= 15 is 0 Å². The summed E-state index contributed by atoms with van der Waals surface area (Å²) in [6.45, 7) is 6.17. The van der Waals surface area contributed by atoms with E-state index in [0.717, 1.165) is 18.5 Å². The molecule has 0 unspecified atom stereocenters. The number of anilines is 1. The third-order valence-electron chi connectivity index (χ3n) is 4.15. The maximum Gasteiger partial charge on any atom is 0.245 e. The largest absolute Gasteiger partial charge is 0.481 e. The number of methoxy groups -OCH3 is 1. The lowest BCUT2D eigenvalue weighted by molar-refractivity contribution is -0.137. The van der Waals surface area contributed by atoms with E-state index < -0.39 is 0 Å². The van der Waals surface area contributed by atoms with E-state index in [-0.39, 0.29) is 11.9 Å². The summed E-state index contributed by atoms with van der Waals surface area (Å²) in [5.74, 6) is 0.725. The quantitative estimate of drug-likeness (QED) is 0.926. The lowest BCUT2D eigenvalue weighted by Gasteiger charge is -2.40. The topological polar surface area (TPSA) is 54.5 Å². The average molecular weight is 291 g/mol. The molecule has 0 saturated carbocycles. The summed E-state index contributed by atoms with van der Waals surface area (Å²) in [5.41, 5.74) is 0.828. The standard InChI is InChI=1S/C16H25N3O2/c1-11-6-5-7-12(2)19(11)16(20)13(3)18-14-8-9-15(21-4)17-10-14/h8-13,18H,5-7H2,1-4H3/t11-,12-,13+/m0/s1. The number of ether oxygens (including phenoxy) is 1. The molecule has 1 fully saturated rings. The molecule has 21 heavy (non-hydrogen) atoms. The molecular weight excluding hydrogens is 266 g/mol. The first kappa shape index (κ1) is 15.6. The average Bonchev–Trinajstić information content (AvgIpc) is 2.47. The predicted octanol–water partition coefficient (Wildman–Crippen LogP) is 2.68. The highest BCUT2D eigenvalue weighted by Gasteiger charge is 2.31. The minimum atomic E-state index is -0.261. The lowest BCUT2D eigenvalue weighted by Crippen LogP contribution is -2.52. The van der Waals surface area contributed by atoms with Gasteiger partial charge in [0.05, 0.1) is 19.0 Å². The van der Waals surface area contributed by atoms with Gasteiger partial charge in [0, 0.05) is 18.2 Å². The molecule has 5 heteroatoms. The first-order chi connectivity index (χ1) is 10.0. The van der Waals surface area contributed by atoms with Crippen LogP contribution in [0.1, 0.15) is 40.0 Å². The number of aromatic nitrogens is 1. The van der Waals surface area contributed by atoms with Crippen molar-refractivity contribution >= 4 is 11.6 Å². The molecule has 1 N–H and O–H groups in total. The molecule has 0 aromatic carbocycles. The van der Waals surface area contributed by atoms with E-state index in [1.54, 1.807) is 19.4 Å². The van der Waals surface area contributed by atoms with Gasteiger partial charge in [-0.3, -0.25) is 4.79 Å².